The summed E-state index contributed by atoms with van der Waals surface area (Å²) >= 11 is 1.48. The van der Waals surface area contributed by atoms with Crippen molar-refractivity contribution in [3.63, 3.8) is 0 Å². The van der Waals surface area contributed by atoms with Crippen LogP contribution in [-0.4, -0.2) is 11.2 Å². The number of carbonyl (C=O) groups is 1. The molecule has 64 valence electrons. The Kier molecular flexibility index (Phi) is 3.17. The first-order chi connectivity index (χ1) is 5.74. The van der Waals surface area contributed by atoms with Crippen LogP contribution in [0.5, 0.6) is 0 Å². The van der Waals surface area contributed by atoms with Gasteiger partial charge in [0.15, 0.2) is 0 Å². The first-order valence-corrected chi connectivity index (χ1v) is 4.56. The van der Waals surface area contributed by atoms with E-state index in [1.54, 1.807) is 6.08 Å². The Labute approximate surface area is 76.4 Å². The Bertz CT molecular complexity index is 245. The van der Waals surface area contributed by atoms with Crippen molar-refractivity contribution in [3.05, 3.63) is 36.4 Å². The summed E-state index contributed by atoms with van der Waals surface area (Å²) < 4.78 is 0. The zero-order chi connectivity index (χ0) is 8.97. The molecular formula is C9H11NOS. The minimum atomic E-state index is -0.00583. The predicted molar refractivity (Wildman–Crippen MR) is 52.6 cm³/mol. The highest BCUT2D eigenvalue weighted by molar-refractivity contribution is 8.04. The second-order valence-electron chi connectivity index (χ2n) is 2.42. The van der Waals surface area contributed by atoms with Gasteiger partial charge in [-0.25, -0.2) is 0 Å². The number of hydrogen-bond donors (Lipinski definition) is 1. The number of hydrogen-bond acceptors (Lipinski definition) is 2. The van der Waals surface area contributed by atoms with Crippen LogP contribution in [0.1, 0.15) is 6.42 Å². The molecule has 1 aliphatic rings. The third kappa shape index (κ3) is 2.27. The van der Waals surface area contributed by atoms with Gasteiger partial charge in [-0.2, -0.15) is 0 Å². The van der Waals surface area contributed by atoms with Gasteiger partial charge in [-0.05, 0) is 6.42 Å². The summed E-state index contributed by atoms with van der Waals surface area (Å²) in [7, 11) is 0. The maximum absolute atomic E-state index is 11.1. The molecule has 1 atom stereocenters. The molecule has 0 aromatic carbocycles. The van der Waals surface area contributed by atoms with Crippen LogP contribution in [0.2, 0.25) is 0 Å². The largest absolute Gasteiger partial charge is 0.320 e. The molecule has 0 aliphatic carbocycles. The zero-order valence-electron chi connectivity index (χ0n) is 6.75. The summed E-state index contributed by atoms with van der Waals surface area (Å²) in [5.74, 6) is 0.0544. The van der Waals surface area contributed by atoms with Gasteiger partial charge in [0.25, 0.3) is 0 Å². The van der Waals surface area contributed by atoms with E-state index in [4.69, 9.17) is 0 Å². The lowest BCUT2D eigenvalue weighted by Gasteiger charge is -1.98. The maximum Gasteiger partial charge on any atom is 0.238 e. The second kappa shape index (κ2) is 4.16. The Morgan fingerprint density at radius 1 is 1.67 bits per heavy atom. The van der Waals surface area contributed by atoms with Gasteiger partial charge in [0.05, 0.1) is 10.3 Å². The van der Waals surface area contributed by atoms with Crippen LogP contribution < -0.4 is 5.32 Å². The van der Waals surface area contributed by atoms with E-state index in [0.717, 1.165) is 11.4 Å². The van der Waals surface area contributed by atoms with Crippen molar-refractivity contribution in [1.82, 2.24) is 5.32 Å². The van der Waals surface area contributed by atoms with Crippen LogP contribution in [0.15, 0.2) is 36.4 Å². The molecule has 0 aromatic heterocycles. The van der Waals surface area contributed by atoms with Crippen LogP contribution in [0.25, 0.3) is 0 Å². The summed E-state index contributed by atoms with van der Waals surface area (Å²) in [6.07, 6.45) is 6.21. The first-order valence-electron chi connectivity index (χ1n) is 3.68. The Balaban J connectivity index is 2.43. The lowest BCUT2D eigenvalue weighted by Crippen LogP contribution is -2.21. The molecule has 0 saturated carbocycles. The third-order valence-electron chi connectivity index (χ3n) is 1.46. The fourth-order valence-electron chi connectivity index (χ4n) is 0.926. The predicted octanol–water partition coefficient (Wildman–Crippen LogP) is 1.82. The SMILES string of the molecule is C=CC=CCC1SC(=C)NC1=O. The molecule has 2 nitrogen and oxygen atoms in total. The van der Waals surface area contributed by atoms with Gasteiger partial charge in [-0.15, -0.1) is 0 Å². The van der Waals surface area contributed by atoms with Gasteiger partial charge in [-0.1, -0.05) is 43.1 Å². The van der Waals surface area contributed by atoms with Crippen molar-refractivity contribution in [1.29, 1.82) is 0 Å². The topological polar surface area (TPSA) is 29.1 Å². The molecule has 3 heteroatoms. The fourth-order valence-corrected chi connectivity index (χ4v) is 1.80. The fraction of sp³-hybridized carbons (Fsp3) is 0.222. The molecule has 1 rings (SSSR count). The minimum Gasteiger partial charge on any atom is -0.320 e. The number of allylic oxidation sites excluding steroid dienone is 3. The Morgan fingerprint density at radius 2 is 2.42 bits per heavy atom. The van der Waals surface area contributed by atoms with E-state index in [-0.39, 0.29) is 11.2 Å². The molecule has 1 amide bonds. The number of rotatable bonds is 3. The molecule has 1 heterocycles. The molecule has 0 spiro atoms. The highest BCUT2D eigenvalue weighted by Gasteiger charge is 2.26. The number of carbonyl (C=O) groups excluding carboxylic acids is 1. The standard InChI is InChI=1S/C9H11NOS/c1-3-4-5-6-8-9(11)10-7(2)12-8/h3-5,8H,1-2,6H2,(H,10,11). The Morgan fingerprint density at radius 3 is 2.92 bits per heavy atom. The number of thioether (sulfide) groups is 1. The average Bonchev–Trinajstić information content (AvgIpc) is 2.31. The van der Waals surface area contributed by atoms with Gasteiger partial charge in [0.1, 0.15) is 0 Å². The zero-order valence-corrected chi connectivity index (χ0v) is 7.56. The van der Waals surface area contributed by atoms with E-state index in [0.29, 0.717) is 0 Å². The molecule has 1 unspecified atom stereocenters. The van der Waals surface area contributed by atoms with Gasteiger partial charge in [-0.3, -0.25) is 4.79 Å². The normalized spacial score (nSPS) is 23.2. The summed E-state index contributed by atoms with van der Waals surface area (Å²) in [5.41, 5.74) is 0. The van der Waals surface area contributed by atoms with E-state index < -0.39 is 0 Å². The molecule has 12 heavy (non-hydrogen) atoms. The van der Waals surface area contributed by atoms with Crippen LogP contribution in [-0.2, 0) is 4.79 Å². The van der Waals surface area contributed by atoms with Crippen LogP contribution in [0, 0.1) is 0 Å². The van der Waals surface area contributed by atoms with Gasteiger partial charge < -0.3 is 5.32 Å². The summed E-state index contributed by atoms with van der Waals surface area (Å²) in [5, 5.41) is 3.40. The monoisotopic (exact) mass is 181 g/mol. The molecule has 0 aromatic rings. The van der Waals surface area contributed by atoms with Gasteiger partial charge in [0, 0.05) is 0 Å². The summed E-state index contributed by atoms with van der Waals surface area (Å²) in [6, 6.07) is 0. The molecular weight excluding hydrogens is 170 g/mol. The van der Waals surface area contributed by atoms with Crippen molar-refractivity contribution >= 4 is 17.7 Å². The number of nitrogens with one attached hydrogen (secondary N) is 1. The van der Waals surface area contributed by atoms with Crippen LogP contribution in [0.3, 0.4) is 0 Å². The smallest absolute Gasteiger partial charge is 0.238 e. The van der Waals surface area contributed by atoms with Crippen molar-refractivity contribution in [2.75, 3.05) is 0 Å². The lowest BCUT2D eigenvalue weighted by molar-refractivity contribution is -0.119. The summed E-state index contributed by atoms with van der Waals surface area (Å²) in [6.45, 7) is 7.22. The highest BCUT2D eigenvalue weighted by Crippen LogP contribution is 2.27. The van der Waals surface area contributed by atoms with Crippen LogP contribution in [0.4, 0.5) is 0 Å². The first kappa shape index (κ1) is 9.13. The van der Waals surface area contributed by atoms with E-state index >= 15 is 0 Å². The molecule has 1 saturated heterocycles. The quantitative estimate of drug-likeness (QED) is 0.673. The minimum absolute atomic E-state index is 0.00583. The van der Waals surface area contributed by atoms with E-state index in [1.807, 2.05) is 12.2 Å². The van der Waals surface area contributed by atoms with Crippen molar-refractivity contribution in [2.45, 2.75) is 11.7 Å². The van der Waals surface area contributed by atoms with Crippen LogP contribution >= 0.6 is 11.8 Å². The lowest BCUT2D eigenvalue weighted by atomic mass is 10.2. The third-order valence-corrected chi connectivity index (χ3v) is 2.54. The van der Waals surface area contributed by atoms with E-state index in [1.165, 1.54) is 11.8 Å². The highest BCUT2D eigenvalue weighted by atomic mass is 32.2. The second-order valence-corrected chi connectivity index (χ2v) is 3.72. The number of amides is 1. The van der Waals surface area contributed by atoms with Crippen molar-refractivity contribution in [3.8, 4) is 0 Å². The van der Waals surface area contributed by atoms with E-state index in [9.17, 15) is 4.79 Å². The molecule has 0 bridgehead atoms. The van der Waals surface area contributed by atoms with Crippen molar-refractivity contribution < 1.29 is 4.79 Å². The van der Waals surface area contributed by atoms with E-state index in [2.05, 4.69) is 18.5 Å². The molecule has 1 N–H and O–H groups in total. The molecule has 1 fully saturated rings. The van der Waals surface area contributed by atoms with Crippen molar-refractivity contribution in [2.24, 2.45) is 0 Å². The average molecular weight is 181 g/mol. The van der Waals surface area contributed by atoms with Gasteiger partial charge in [0.2, 0.25) is 5.91 Å². The molecule has 0 radical (unpaired) electrons. The maximum atomic E-state index is 11.1. The summed E-state index contributed by atoms with van der Waals surface area (Å²) in [4.78, 5) is 11.1. The Hall–Kier alpha value is -0.960. The van der Waals surface area contributed by atoms with Gasteiger partial charge >= 0.3 is 0 Å². The molecule has 1 aliphatic heterocycles.